The number of rotatable bonds is 8. The number of anilines is 1. The maximum atomic E-state index is 12.0. The van der Waals surface area contributed by atoms with E-state index in [2.05, 4.69) is 29.7 Å². The van der Waals surface area contributed by atoms with Gasteiger partial charge in [-0.2, -0.15) is 0 Å². The summed E-state index contributed by atoms with van der Waals surface area (Å²) >= 11 is 0. The molecule has 4 heteroatoms. The number of aliphatic hydroxyl groups excluding tert-OH is 1. The molecule has 128 valence electrons. The van der Waals surface area contributed by atoms with Crippen molar-refractivity contribution in [2.45, 2.75) is 63.8 Å². The van der Waals surface area contributed by atoms with Gasteiger partial charge < -0.3 is 15.7 Å². The first kappa shape index (κ1) is 18.0. The lowest BCUT2D eigenvalue weighted by Gasteiger charge is -2.22. The zero-order chi connectivity index (χ0) is 16.5. The van der Waals surface area contributed by atoms with Crippen molar-refractivity contribution in [1.29, 1.82) is 0 Å². The summed E-state index contributed by atoms with van der Waals surface area (Å²) in [4.78, 5) is 12.0. The Morgan fingerprint density at radius 1 is 1.22 bits per heavy atom. The van der Waals surface area contributed by atoms with Gasteiger partial charge in [0.2, 0.25) is 5.91 Å². The van der Waals surface area contributed by atoms with Crippen LogP contribution in [0.25, 0.3) is 0 Å². The van der Waals surface area contributed by atoms with Crippen molar-refractivity contribution >= 4 is 11.6 Å². The Hall–Kier alpha value is -1.39. The number of aliphatic hydroxyl groups is 1. The molecule has 1 saturated carbocycles. The van der Waals surface area contributed by atoms with Crippen LogP contribution in [0.4, 0.5) is 5.69 Å². The highest BCUT2D eigenvalue weighted by Crippen LogP contribution is 2.32. The Morgan fingerprint density at radius 2 is 1.91 bits per heavy atom. The van der Waals surface area contributed by atoms with Crippen molar-refractivity contribution in [3.63, 3.8) is 0 Å². The maximum absolute atomic E-state index is 12.0. The number of hydrogen-bond donors (Lipinski definition) is 3. The third-order valence-electron chi connectivity index (χ3n) is 4.68. The minimum absolute atomic E-state index is 0.000530. The van der Waals surface area contributed by atoms with E-state index in [0.717, 1.165) is 18.5 Å². The average molecular weight is 318 g/mol. The summed E-state index contributed by atoms with van der Waals surface area (Å²) in [5.74, 6) is 0.625. The van der Waals surface area contributed by atoms with Crippen molar-refractivity contribution in [3.8, 4) is 0 Å². The summed E-state index contributed by atoms with van der Waals surface area (Å²) in [6.07, 6.45) is 8.47. The molecule has 1 aliphatic carbocycles. The third-order valence-corrected chi connectivity index (χ3v) is 4.68. The first-order valence-electron chi connectivity index (χ1n) is 8.97. The van der Waals surface area contributed by atoms with E-state index in [1.807, 2.05) is 12.1 Å². The molecule has 1 aromatic carbocycles. The molecule has 0 bridgehead atoms. The second kappa shape index (κ2) is 9.68. The highest BCUT2D eigenvalue weighted by molar-refractivity contribution is 5.92. The van der Waals surface area contributed by atoms with E-state index in [0.29, 0.717) is 5.92 Å². The van der Waals surface area contributed by atoms with Gasteiger partial charge in [-0.25, -0.2) is 0 Å². The lowest BCUT2D eigenvalue weighted by Crippen LogP contribution is -2.38. The molecule has 0 spiro atoms. The lowest BCUT2D eigenvalue weighted by molar-refractivity contribution is -0.115. The monoisotopic (exact) mass is 318 g/mol. The van der Waals surface area contributed by atoms with Crippen molar-refractivity contribution in [1.82, 2.24) is 5.32 Å². The molecule has 0 radical (unpaired) electrons. The topological polar surface area (TPSA) is 61.4 Å². The van der Waals surface area contributed by atoms with Gasteiger partial charge in [0.05, 0.1) is 13.2 Å². The first-order valence-corrected chi connectivity index (χ1v) is 8.97. The van der Waals surface area contributed by atoms with Crippen LogP contribution in [-0.2, 0) is 4.79 Å². The molecule has 0 unspecified atom stereocenters. The second-order valence-electron chi connectivity index (χ2n) is 6.55. The van der Waals surface area contributed by atoms with Crippen LogP contribution in [0.1, 0.15) is 63.4 Å². The number of benzene rings is 1. The molecule has 0 saturated heterocycles. The van der Waals surface area contributed by atoms with Crippen LogP contribution in [-0.4, -0.2) is 30.2 Å². The van der Waals surface area contributed by atoms with Crippen LogP contribution in [0.5, 0.6) is 0 Å². The molecule has 1 fully saturated rings. The van der Waals surface area contributed by atoms with Gasteiger partial charge in [0.15, 0.2) is 0 Å². The zero-order valence-electron chi connectivity index (χ0n) is 14.2. The number of carbonyl (C=O) groups excluding carboxylic acids is 1. The summed E-state index contributed by atoms with van der Waals surface area (Å²) in [6.45, 7) is 2.37. The largest absolute Gasteiger partial charge is 0.395 e. The minimum atomic E-state index is -0.0648. The second-order valence-corrected chi connectivity index (χ2v) is 6.55. The van der Waals surface area contributed by atoms with Crippen LogP contribution in [0.15, 0.2) is 24.3 Å². The van der Waals surface area contributed by atoms with Gasteiger partial charge in [-0.1, -0.05) is 44.7 Å². The number of carbonyl (C=O) groups is 1. The van der Waals surface area contributed by atoms with E-state index in [1.54, 1.807) is 0 Å². The Bertz CT molecular complexity index is 467. The third kappa shape index (κ3) is 5.96. The molecule has 2 rings (SSSR count). The number of hydrogen-bond acceptors (Lipinski definition) is 3. The first-order chi connectivity index (χ1) is 11.2. The standard InChI is InChI=1S/C19H30N2O2/c1-2-6-18(14-22)20-13-19(23)21-17-11-9-16(10-12-17)15-7-4-3-5-8-15/h9-12,15,18,20,22H,2-8,13-14H2,1H3,(H,21,23)/t18-/m1/s1. The van der Waals surface area contributed by atoms with Gasteiger partial charge in [-0.05, 0) is 42.9 Å². The summed E-state index contributed by atoms with van der Waals surface area (Å²) in [5, 5.41) is 15.2. The predicted molar refractivity (Wildman–Crippen MR) is 94.7 cm³/mol. The fourth-order valence-corrected chi connectivity index (χ4v) is 3.32. The molecule has 0 aromatic heterocycles. The van der Waals surface area contributed by atoms with Gasteiger partial charge in [0.25, 0.3) is 0 Å². The Morgan fingerprint density at radius 3 is 2.52 bits per heavy atom. The quantitative estimate of drug-likeness (QED) is 0.688. The van der Waals surface area contributed by atoms with Crippen molar-refractivity contribution < 1.29 is 9.90 Å². The van der Waals surface area contributed by atoms with Crippen molar-refractivity contribution in [3.05, 3.63) is 29.8 Å². The maximum Gasteiger partial charge on any atom is 0.238 e. The fraction of sp³-hybridized carbons (Fsp3) is 0.632. The fourth-order valence-electron chi connectivity index (χ4n) is 3.32. The van der Waals surface area contributed by atoms with Crippen LogP contribution >= 0.6 is 0 Å². The molecule has 23 heavy (non-hydrogen) atoms. The summed E-state index contributed by atoms with van der Waals surface area (Å²) in [5.41, 5.74) is 2.23. The van der Waals surface area contributed by atoms with Gasteiger partial charge in [0.1, 0.15) is 0 Å². The average Bonchev–Trinajstić information content (AvgIpc) is 2.60. The number of nitrogens with one attached hydrogen (secondary N) is 2. The molecule has 3 N–H and O–H groups in total. The summed E-state index contributed by atoms with van der Waals surface area (Å²) < 4.78 is 0. The van der Waals surface area contributed by atoms with Gasteiger partial charge >= 0.3 is 0 Å². The molecule has 4 nitrogen and oxygen atoms in total. The molecule has 1 aliphatic rings. The number of amides is 1. The zero-order valence-corrected chi connectivity index (χ0v) is 14.2. The van der Waals surface area contributed by atoms with Crippen molar-refractivity contribution in [2.24, 2.45) is 0 Å². The molecular weight excluding hydrogens is 288 g/mol. The highest BCUT2D eigenvalue weighted by atomic mass is 16.3. The van der Waals surface area contributed by atoms with Crippen LogP contribution in [0.3, 0.4) is 0 Å². The Balaban J connectivity index is 1.79. The molecule has 0 heterocycles. The van der Waals surface area contributed by atoms with E-state index < -0.39 is 0 Å². The van der Waals surface area contributed by atoms with Gasteiger partial charge in [-0.15, -0.1) is 0 Å². The minimum Gasteiger partial charge on any atom is -0.395 e. The Labute approximate surface area is 139 Å². The molecule has 1 amide bonds. The van der Waals surface area contributed by atoms with E-state index >= 15 is 0 Å². The van der Waals surface area contributed by atoms with Crippen LogP contribution in [0.2, 0.25) is 0 Å². The van der Waals surface area contributed by atoms with Crippen LogP contribution in [0, 0.1) is 0 Å². The molecule has 1 atom stereocenters. The molecule has 0 aliphatic heterocycles. The molecular formula is C19H30N2O2. The SMILES string of the molecule is CCC[C@H](CO)NCC(=O)Nc1ccc(C2CCCCC2)cc1. The van der Waals surface area contributed by atoms with Crippen LogP contribution < -0.4 is 10.6 Å². The molecule has 1 aromatic rings. The van der Waals surface area contributed by atoms with Gasteiger partial charge in [-0.3, -0.25) is 4.79 Å². The Kier molecular flexibility index (Phi) is 7.56. The summed E-state index contributed by atoms with van der Waals surface area (Å²) in [7, 11) is 0. The highest BCUT2D eigenvalue weighted by Gasteiger charge is 2.15. The van der Waals surface area contributed by atoms with E-state index in [9.17, 15) is 9.90 Å². The van der Waals surface area contributed by atoms with E-state index in [1.165, 1.54) is 37.7 Å². The van der Waals surface area contributed by atoms with Crippen molar-refractivity contribution in [2.75, 3.05) is 18.5 Å². The summed E-state index contributed by atoms with van der Waals surface area (Å²) in [6, 6.07) is 8.29. The van der Waals surface area contributed by atoms with Gasteiger partial charge in [0, 0.05) is 11.7 Å². The van der Waals surface area contributed by atoms with E-state index in [-0.39, 0.29) is 25.1 Å². The smallest absolute Gasteiger partial charge is 0.238 e. The lowest BCUT2D eigenvalue weighted by atomic mass is 9.84. The predicted octanol–water partition coefficient (Wildman–Crippen LogP) is 3.42. The van der Waals surface area contributed by atoms with E-state index in [4.69, 9.17) is 0 Å². The normalized spacial score (nSPS) is 17.0.